The zero-order valence-corrected chi connectivity index (χ0v) is 10.8. The highest BCUT2D eigenvalue weighted by Gasteiger charge is 2.29. The Labute approximate surface area is 107 Å². The van der Waals surface area contributed by atoms with E-state index >= 15 is 0 Å². The summed E-state index contributed by atoms with van der Waals surface area (Å²) in [5.74, 6) is 1.16. The van der Waals surface area contributed by atoms with Crippen molar-refractivity contribution in [1.29, 1.82) is 0 Å². The maximum absolute atomic E-state index is 9.81. The van der Waals surface area contributed by atoms with Gasteiger partial charge in [0.05, 0.1) is 6.10 Å². The molecule has 2 N–H and O–H groups in total. The minimum Gasteiger partial charge on any atom is -0.391 e. The van der Waals surface area contributed by atoms with Gasteiger partial charge in [0.25, 0.3) is 0 Å². The molecule has 2 heterocycles. The molecule has 1 aliphatic carbocycles. The summed E-state index contributed by atoms with van der Waals surface area (Å²) in [4.78, 5) is 8.57. The summed E-state index contributed by atoms with van der Waals surface area (Å²) in [6.07, 6.45) is 7.42. The van der Waals surface area contributed by atoms with Gasteiger partial charge in [-0.15, -0.1) is 0 Å². The van der Waals surface area contributed by atoms with Crippen LogP contribution in [0.1, 0.15) is 12.8 Å². The molecule has 0 aromatic carbocycles. The number of hydrogen-bond donors (Lipinski definition) is 2. The molecule has 6 heteroatoms. The van der Waals surface area contributed by atoms with E-state index < -0.39 is 0 Å². The second-order valence-corrected chi connectivity index (χ2v) is 5.17. The second kappa shape index (κ2) is 4.27. The van der Waals surface area contributed by atoms with E-state index in [4.69, 9.17) is 0 Å². The molecule has 1 atom stereocenters. The molecule has 5 nitrogen and oxygen atoms in total. The third-order valence-corrected chi connectivity index (χ3v) is 3.37. The molecule has 0 saturated heterocycles. The van der Waals surface area contributed by atoms with Crippen LogP contribution in [-0.4, -0.2) is 32.1 Å². The van der Waals surface area contributed by atoms with E-state index in [0.717, 1.165) is 23.1 Å². The van der Waals surface area contributed by atoms with Gasteiger partial charge < -0.3 is 14.8 Å². The van der Waals surface area contributed by atoms with Gasteiger partial charge in [0.2, 0.25) is 0 Å². The summed E-state index contributed by atoms with van der Waals surface area (Å²) in [5.41, 5.74) is 0.774. The standard InChI is InChI=1S/C11H13BrN4O/c12-9-6-16-4-3-13-11(16)10(15-9)14-5-8(17)7-1-2-7/h3-4,6-8,17H,1-2,5H2,(H,14,15). The quantitative estimate of drug-likeness (QED) is 0.901. The van der Waals surface area contributed by atoms with E-state index in [2.05, 4.69) is 31.2 Å². The van der Waals surface area contributed by atoms with Gasteiger partial charge in [-0.1, -0.05) is 0 Å². The summed E-state index contributed by atoms with van der Waals surface area (Å²) in [6, 6.07) is 0. The number of hydrogen-bond acceptors (Lipinski definition) is 4. The normalized spacial score (nSPS) is 17.3. The minimum atomic E-state index is -0.286. The predicted molar refractivity (Wildman–Crippen MR) is 67.9 cm³/mol. The summed E-state index contributed by atoms with van der Waals surface area (Å²) in [5, 5.41) is 13.0. The van der Waals surface area contributed by atoms with Crippen molar-refractivity contribution in [2.24, 2.45) is 5.92 Å². The van der Waals surface area contributed by atoms with Gasteiger partial charge >= 0.3 is 0 Å². The fraction of sp³-hybridized carbons (Fsp3) is 0.455. The summed E-state index contributed by atoms with van der Waals surface area (Å²) in [7, 11) is 0. The van der Waals surface area contributed by atoms with Gasteiger partial charge in [-0.3, -0.25) is 0 Å². The molecule has 0 aliphatic heterocycles. The van der Waals surface area contributed by atoms with Crippen LogP contribution < -0.4 is 5.32 Å². The Morgan fingerprint density at radius 1 is 1.59 bits per heavy atom. The minimum absolute atomic E-state index is 0.286. The Morgan fingerprint density at radius 2 is 2.41 bits per heavy atom. The van der Waals surface area contributed by atoms with Crippen LogP contribution >= 0.6 is 15.9 Å². The first kappa shape index (κ1) is 11.0. The number of nitrogens with zero attached hydrogens (tertiary/aromatic N) is 3. The SMILES string of the molecule is OC(CNc1nc(Br)cn2ccnc12)C1CC1. The van der Waals surface area contributed by atoms with E-state index in [0.29, 0.717) is 18.3 Å². The number of rotatable bonds is 4. The average Bonchev–Trinajstić information content (AvgIpc) is 3.05. The van der Waals surface area contributed by atoms with Crippen LogP contribution in [0.2, 0.25) is 0 Å². The van der Waals surface area contributed by atoms with Crippen molar-refractivity contribution in [1.82, 2.24) is 14.4 Å². The molecule has 17 heavy (non-hydrogen) atoms. The van der Waals surface area contributed by atoms with Crippen molar-refractivity contribution < 1.29 is 5.11 Å². The lowest BCUT2D eigenvalue weighted by Crippen LogP contribution is -2.22. The molecule has 0 spiro atoms. The van der Waals surface area contributed by atoms with Gasteiger partial charge in [-0.2, -0.15) is 0 Å². The van der Waals surface area contributed by atoms with Crippen LogP contribution in [0.25, 0.3) is 5.65 Å². The average molecular weight is 297 g/mol. The zero-order valence-electron chi connectivity index (χ0n) is 9.17. The van der Waals surface area contributed by atoms with Gasteiger partial charge in [-0.05, 0) is 34.7 Å². The lowest BCUT2D eigenvalue weighted by Gasteiger charge is -2.11. The molecule has 2 aromatic heterocycles. The Balaban J connectivity index is 1.80. The van der Waals surface area contributed by atoms with Crippen LogP contribution in [0.15, 0.2) is 23.2 Å². The van der Waals surface area contributed by atoms with E-state index in [1.54, 1.807) is 6.20 Å². The maximum atomic E-state index is 9.81. The number of halogens is 1. The Bertz CT molecular complexity index is 537. The van der Waals surface area contributed by atoms with Crippen molar-refractivity contribution >= 4 is 27.4 Å². The Morgan fingerprint density at radius 3 is 3.18 bits per heavy atom. The number of anilines is 1. The first-order valence-electron chi connectivity index (χ1n) is 5.65. The molecule has 1 saturated carbocycles. The molecule has 3 rings (SSSR count). The van der Waals surface area contributed by atoms with Gasteiger partial charge in [0.1, 0.15) is 4.60 Å². The van der Waals surface area contributed by atoms with Crippen LogP contribution in [0, 0.1) is 5.92 Å². The molecule has 2 aromatic rings. The fourth-order valence-corrected chi connectivity index (χ4v) is 2.27. The van der Waals surface area contributed by atoms with E-state index in [9.17, 15) is 5.11 Å². The Kier molecular flexibility index (Phi) is 2.76. The molecule has 90 valence electrons. The number of aromatic nitrogens is 3. The van der Waals surface area contributed by atoms with Crippen molar-refractivity contribution in [3.63, 3.8) is 0 Å². The predicted octanol–water partition coefficient (Wildman–Crippen LogP) is 1.67. The maximum Gasteiger partial charge on any atom is 0.180 e. The molecular formula is C11H13BrN4O. The summed E-state index contributed by atoms with van der Waals surface area (Å²) >= 11 is 3.35. The second-order valence-electron chi connectivity index (χ2n) is 4.36. The molecule has 1 unspecified atom stereocenters. The van der Waals surface area contributed by atoms with Crippen molar-refractivity contribution in [2.75, 3.05) is 11.9 Å². The van der Waals surface area contributed by atoms with Crippen LogP contribution in [-0.2, 0) is 0 Å². The smallest absolute Gasteiger partial charge is 0.180 e. The molecule has 1 aliphatic rings. The highest BCUT2D eigenvalue weighted by atomic mass is 79.9. The topological polar surface area (TPSA) is 62.5 Å². The Hall–Kier alpha value is -1.14. The van der Waals surface area contributed by atoms with Crippen molar-refractivity contribution in [3.8, 4) is 0 Å². The largest absolute Gasteiger partial charge is 0.391 e. The third-order valence-electron chi connectivity index (χ3n) is 2.99. The highest BCUT2D eigenvalue weighted by molar-refractivity contribution is 9.10. The number of fused-ring (bicyclic) bond motifs is 1. The van der Waals surface area contributed by atoms with E-state index in [1.807, 2.05) is 16.8 Å². The molecule has 1 fully saturated rings. The summed E-state index contributed by atoms with van der Waals surface area (Å²) in [6.45, 7) is 0.524. The molecule has 0 radical (unpaired) electrons. The monoisotopic (exact) mass is 296 g/mol. The lowest BCUT2D eigenvalue weighted by atomic mass is 10.2. The van der Waals surface area contributed by atoms with Gasteiger partial charge in [0, 0.05) is 25.1 Å². The van der Waals surface area contributed by atoms with Crippen LogP contribution in [0.5, 0.6) is 0 Å². The van der Waals surface area contributed by atoms with Gasteiger partial charge in [-0.25, -0.2) is 9.97 Å². The van der Waals surface area contributed by atoms with E-state index in [-0.39, 0.29) is 6.10 Å². The highest BCUT2D eigenvalue weighted by Crippen LogP contribution is 2.32. The third kappa shape index (κ3) is 2.28. The number of imidazole rings is 1. The van der Waals surface area contributed by atoms with Gasteiger partial charge in [0.15, 0.2) is 11.5 Å². The lowest BCUT2D eigenvalue weighted by molar-refractivity contribution is 0.164. The van der Waals surface area contributed by atoms with Crippen LogP contribution in [0.4, 0.5) is 5.82 Å². The zero-order chi connectivity index (χ0) is 11.8. The van der Waals surface area contributed by atoms with E-state index in [1.165, 1.54) is 0 Å². The van der Waals surface area contributed by atoms with Crippen molar-refractivity contribution in [2.45, 2.75) is 18.9 Å². The first-order valence-corrected chi connectivity index (χ1v) is 6.44. The fourth-order valence-electron chi connectivity index (χ4n) is 1.87. The number of nitrogens with one attached hydrogen (secondary N) is 1. The summed E-state index contributed by atoms with van der Waals surface area (Å²) < 4.78 is 2.63. The van der Waals surface area contributed by atoms with Crippen molar-refractivity contribution in [3.05, 3.63) is 23.2 Å². The molecular weight excluding hydrogens is 284 g/mol. The molecule has 0 amide bonds. The first-order chi connectivity index (χ1) is 8.24. The van der Waals surface area contributed by atoms with Crippen LogP contribution in [0.3, 0.4) is 0 Å². The molecule has 0 bridgehead atoms. The number of aliphatic hydroxyl groups is 1. The number of aliphatic hydroxyl groups excluding tert-OH is 1.